The lowest BCUT2D eigenvalue weighted by atomic mass is 9.83. The summed E-state index contributed by atoms with van der Waals surface area (Å²) in [6.07, 6.45) is -0.256. The van der Waals surface area contributed by atoms with Crippen molar-refractivity contribution in [3.63, 3.8) is 0 Å². The highest BCUT2D eigenvalue weighted by Crippen LogP contribution is 2.43. The highest BCUT2D eigenvalue weighted by Gasteiger charge is 2.53. The van der Waals surface area contributed by atoms with Crippen molar-refractivity contribution in [1.29, 1.82) is 0 Å². The number of esters is 1. The van der Waals surface area contributed by atoms with Crippen molar-refractivity contribution in [2.45, 2.75) is 57.3 Å². The number of aliphatic hydroxyl groups is 1. The molecule has 9 heteroatoms. The van der Waals surface area contributed by atoms with Gasteiger partial charge in [0.15, 0.2) is 11.6 Å². The molecule has 3 N–H and O–H groups in total. The van der Waals surface area contributed by atoms with Crippen molar-refractivity contribution in [3.8, 4) is 16.9 Å². The summed E-state index contributed by atoms with van der Waals surface area (Å²) in [6, 6.07) is 25.0. The summed E-state index contributed by atoms with van der Waals surface area (Å²) in [5.74, 6) is 0.0717. The molecular formula is C33H39N3O6. The van der Waals surface area contributed by atoms with Crippen molar-refractivity contribution < 1.29 is 28.9 Å². The minimum Gasteiger partial charge on any atom is -0.494 e. The molecule has 0 aliphatic carbocycles. The molecule has 0 radical (unpaired) electrons. The molecule has 1 aliphatic rings. The van der Waals surface area contributed by atoms with Gasteiger partial charge in [-0.05, 0) is 68.1 Å². The molecule has 0 bridgehead atoms. The normalized spacial score (nSPS) is 18.1. The van der Waals surface area contributed by atoms with E-state index < -0.39 is 29.1 Å². The number of amides is 1. The predicted octanol–water partition coefficient (Wildman–Crippen LogP) is 4.74. The summed E-state index contributed by atoms with van der Waals surface area (Å²) in [7, 11) is 1.60. The molecule has 1 amide bonds. The maximum Gasteiger partial charge on any atom is 0.306 e. The van der Waals surface area contributed by atoms with Crippen LogP contribution in [0.4, 0.5) is 0 Å². The van der Waals surface area contributed by atoms with Gasteiger partial charge in [-0.25, -0.2) is 10.4 Å². The Bertz CT molecular complexity index is 1370. The number of benzene rings is 3. The van der Waals surface area contributed by atoms with E-state index >= 15 is 0 Å². The molecule has 0 fully saturated rings. The van der Waals surface area contributed by atoms with E-state index in [1.54, 1.807) is 40.0 Å². The summed E-state index contributed by atoms with van der Waals surface area (Å²) in [5, 5.41) is 9.01. The Morgan fingerprint density at radius 2 is 1.60 bits per heavy atom. The van der Waals surface area contributed by atoms with Gasteiger partial charge in [0.25, 0.3) is 5.91 Å². The van der Waals surface area contributed by atoms with Crippen molar-refractivity contribution in [2.75, 3.05) is 20.3 Å². The van der Waals surface area contributed by atoms with Crippen LogP contribution in [0.1, 0.15) is 57.3 Å². The first-order valence-corrected chi connectivity index (χ1v) is 14.1. The molecule has 2 atom stereocenters. The Morgan fingerprint density at radius 3 is 2.21 bits per heavy atom. The molecule has 0 saturated heterocycles. The molecule has 0 saturated carbocycles. The molecule has 1 heterocycles. The number of hydrogen-bond donors (Lipinski definition) is 3. The minimum absolute atomic E-state index is 0.0369. The predicted molar refractivity (Wildman–Crippen MR) is 161 cm³/mol. The zero-order valence-corrected chi connectivity index (χ0v) is 24.6. The third kappa shape index (κ3) is 7.54. The lowest BCUT2D eigenvalue weighted by Crippen LogP contribution is -2.52. The molecule has 3 aromatic carbocycles. The monoisotopic (exact) mass is 573 g/mol. The Hall–Kier alpha value is -4.21. The van der Waals surface area contributed by atoms with Crippen molar-refractivity contribution in [2.24, 2.45) is 4.99 Å². The second-order valence-corrected chi connectivity index (χ2v) is 11.1. The summed E-state index contributed by atoms with van der Waals surface area (Å²) in [4.78, 5) is 31.4. The van der Waals surface area contributed by atoms with Gasteiger partial charge in [-0.15, -0.1) is 0 Å². The molecule has 42 heavy (non-hydrogen) atoms. The maximum absolute atomic E-state index is 13.8. The average Bonchev–Trinajstić information content (AvgIpc) is 3.37. The second kappa shape index (κ2) is 13.6. The quantitative estimate of drug-likeness (QED) is 0.163. The number of hydrogen-bond acceptors (Lipinski definition) is 8. The van der Waals surface area contributed by atoms with Gasteiger partial charge >= 0.3 is 5.97 Å². The average molecular weight is 574 g/mol. The van der Waals surface area contributed by atoms with Gasteiger partial charge in [-0.3, -0.25) is 15.0 Å². The van der Waals surface area contributed by atoms with Gasteiger partial charge in [0.2, 0.25) is 5.90 Å². The summed E-state index contributed by atoms with van der Waals surface area (Å²) in [6.45, 7) is 5.86. The van der Waals surface area contributed by atoms with Crippen LogP contribution >= 0.6 is 0 Å². The highest BCUT2D eigenvalue weighted by molar-refractivity contribution is 6.01. The van der Waals surface area contributed by atoms with Gasteiger partial charge in [0.1, 0.15) is 11.4 Å². The number of aliphatic hydroxyl groups excluding tert-OH is 1. The van der Waals surface area contributed by atoms with Crippen molar-refractivity contribution in [1.82, 2.24) is 10.9 Å². The zero-order chi connectivity index (χ0) is 30.2. The largest absolute Gasteiger partial charge is 0.494 e. The highest BCUT2D eigenvalue weighted by atomic mass is 16.6. The number of aliphatic imine (C=N–C) groups is 1. The molecule has 222 valence electrons. The van der Waals surface area contributed by atoms with E-state index in [-0.39, 0.29) is 25.3 Å². The number of ether oxygens (including phenoxy) is 3. The Balaban J connectivity index is 1.70. The number of carbonyl (C=O) groups excluding carboxylic acids is 2. The van der Waals surface area contributed by atoms with Crippen LogP contribution in [0.25, 0.3) is 11.1 Å². The molecule has 0 aromatic heterocycles. The molecule has 3 aromatic rings. The number of carbonyl (C=O) groups is 2. The molecule has 9 nitrogen and oxygen atoms in total. The minimum atomic E-state index is -1.46. The van der Waals surface area contributed by atoms with Crippen LogP contribution in [0.2, 0.25) is 0 Å². The number of nitrogens with one attached hydrogen (secondary N) is 2. The van der Waals surface area contributed by atoms with Crippen molar-refractivity contribution >= 4 is 17.8 Å². The van der Waals surface area contributed by atoms with E-state index in [0.29, 0.717) is 24.3 Å². The lowest BCUT2D eigenvalue weighted by molar-refractivity contribution is -0.155. The van der Waals surface area contributed by atoms with E-state index in [9.17, 15) is 9.59 Å². The molecule has 4 rings (SSSR count). The molecule has 0 unspecified atom stereocenters. The Labute approximate surface area is 246 Å². The number of hydrazine groups is 1. The van der Waals surface area contributed by atoms with Gasteiger partial charge in [-0.1, -0.05) is 54.6 Å². The van der Waals surface area contributed by atoms with Crippen LogP contribution in [-0.4, -0.2) is 54.3 Å². The SMILES string of the molecule is CNNC(=O)[C@@]1(CCC(=O)OC(C)(C)C)N=C(c2ccc(OCCCO)cc2)O[C@H]1c1ccc(-c2ccccc2)cc1. The Morgan fingerprint density at radius 1 is 0.952 bits per heavy atom. The van der Waals surface area contributed by atoms with Crippen LogP contribution < -0.4 is 15.6 Å². The van der Waals surface area contributed by atoms with E-state index in [0.717, 1.165) is 16.7 Å². The summed E-state index contributed by atoms with van der Waals surface area (Å²) in [5.41, 5.74) is 6.76. The van der Waals surface area contributed by atoms with Gasteiger partial charge in [0.05, 0.1) is 6.61 Å². The number of rotatable bonds is 12. The molecule has 0 spiro atoms. The van der Waals surface area contributed by atoms with Crippen LogP contribution in [-0.2, 0) is 19.1 Å². The van der Waals surface area contributed by atoms with E-state index in [4.69, 9.17) is 24.3 Å². The third-order valence-corrected chi connectivity index (χ3v) is 6.72. The van der Waals surface area contributed by atoms with Gasteiger partial charge in [-0.2, -0.15) is 0 Å². The van der Waals surface area contributed by atoms with Gasteiger partial charge < -0.3 is 19.3 Å². The third-order valence-electron chi connectivity index (χ3n) is 6.72. The maximum atomic E-state index is 13.8. The lowest BCUT2D eigenvalue weighted by Gasteiger charge is -2.30. The standard InChI is InChI=1S/C33H39N3O6/c1-32(2,3)42-28(38)19-20-33(31(39)36-34-4)29(25-13-11-24(12-14-25)23-9-6-5-7-10-23)41-30(35-33)26-15-17-27(18-16-26)40-22-8-21-37/h5-7,9-18,29,34,37H,8,19-22H2,1-4H3,(H,36,39)/t29-,33-/m0/s1. The zero-order valence-electron chi connectivity index (χ0n) is 24.6. The first kappa shape index (κ1) is 30.7. The fourth-order valence-corrected chi connectivity index (χ4v) is 4.76. The van der Waals surface area contributed by atoms with E-state index in [2.05, 4.69) is 10.9 Å². The van der Waals surface area contributed by atoms with Crippen LogP contribution in [0, 0.1) is 0 Å². The topological polar surface area (TPSA) is 118 Å². The fraction of sp³-hybridized carbons (Fsp3) is 0.364. The fourth-order valence-electron chi connectivity index (χ4n) is 4.76. The smallest absolute Gasteiger partial charge is 0.306 e. The number of nitrogens with zero attached hydrogens (tertiary/aromatic N) is 1. The van der Waals surface area contributed by atoms with E-state index in [1.165, 1.54) is 0 Å². The van der Waals surface area contributed by atoms with Crippen LogP contribution in [0.15, 0.2) is 83.9 Å². The first-order valence-electron chi connectivity index (χ1n) is 14.1. The molecular weight excluding hydrogens is 534 g/mol. The Kier molecular flexibility index (Phi) is 9.98. The van der Waals surface area contributed by atoms with Crippen LogP contribution in [0.5, 0.6) is 5.75 Å². The van der Waals surface area contributed by atoms with E-state index in [1.807, 2.05) is 66.7 Å². The van der Waals surface area contributed by atoms with Crippen molar-refractivity contribution in [3.05, 3.63) is 90.0 Å². The second-order valence-electron chi connectivity index (χ2n) is 11.1. The molecule has 1 aliphatic heterocycles. The summed E-state index contributed by atoms with van der Waals surface area (Å²) >= 11 is 0. The summed E-state index contributed by atoms with van der Waals surface area (Å²) < 4.78 is 17.7. The van der Waals surface area contributed by atoms with Crippen LogP contribution in [0.3, 0.4) is 0 Å². The first-order chi connectivity index (χ1) is 20.1. The van der Waals surface area contributed by atoms with Gasteiger partial charge in [0, 0.05) is 32.1 Å².